The molecule has 1 rings (SSSR count). The predicted molar refractivity (Wildman–Crippen MR) is 63.2 cm³/mol. The molecule has 14 heavy (non-hydrogen) atoms. The SMILES string of the molecule is C=CC(N)c1ccc(I)cc1C(=O)O. The maximum atomic E-state index is 10.9. The molecule has 0 saturated heterocycles. The van der Waals surface area contributed by atoms with E-state index in [1.807, 2.05) is 6.07 Å². The van der Waals surface area contributed by atoms with Crippen molar-refractivity contribution in [2.75, 3.05) is 0 Å². The van der Waals surface area contributed by atoms with Crippen LogP contribution in [-0.2, 0) is 0 Å². The van der Waals surface area contributed by atoms with Crippen molar-refractivity contribution in [2.45, 2.75) is 6.04 Å². The highest BCUT2D eigenvalue weighted by Crippen LogP contribution is 2.19. The van der Waals surface area contributed by atoms with Crippen molar-refractivity contribution in [1.29, 1.82) is 0 Å². The Morgan fingerprint density at radius 2 is 2.29 bits per heavy atom. The van der Waals surface area contributed by atoms with E-state index in [0.717, 1.165) is 3.57 Å². The summed E-state index contributed by atoms with van der Waals surface area (Å²) >= 11 is 2.06. The lowest BCUT2D eigenvalue weighted by molar-refractivity contribution is 0.0695. The van der Waals surface area contributed by atoms with Crippen LogP contribution in [0.15, 0.2) is 30.9 Å². The molecule has 3 nitrogen and oxygen atoms in total. The fraction of sp³-hybridized carbons (Fsp3) is 0.100. The molecule has 0 bridgehead atoms. The maximum absolute atomic E-state index is 10.9. The molecule has 0 aliphatic rings. The molecule has 0 radical (unpaired) electrons. The van der Waals surface area contributed by atoms with E-state index >= 15 is 0 Å². The monoisotopic (exact) mass is 303 g/mol. The molecule has 1 aromatic rings. The quantitative estimate of drug-likeness (QED) is 0.664. The van der Waals surface area contributed by atoms with Crippen molar-refractivity contribution in [3.63, 3.8) is 0 Å². The van der Waals surface area contributed by atoms with Gasteiger partial charge in [-0.1, -0.05) is 12.1 Å². The summed E-state index contributed by atoms with van der Waals surface area (Å²) in [5.74, 6) is -0.962. The molecule has 0 aliphatic carbocycles. The summed E-state index contributed by atoms with van der Waals surface area (Å²) < 4.78 is 0.875. The molecule has 1 unspecified atom stereocenters. The molecule has 74 valence electrons. The summed E-state index contributed by atoms with van der Waals surface area (Å²) in [4.78, 5) is 10.9. The molecule has 0 heterocycles. The zero-order chi connectivity index (χ0) is 10.7. The van der Waals surface area contributed by atoms with Gasteiger partial charge in [-0.25, -0.2) is 4.79 Å². The molecular formula is C10H10INO2. The van der Waals surface area contributed by atoms with Crippen molar-refractivity contribution in [2.24, 2.45) is 5.73 Å². The molecule has 0 aromatic heterocycles. The highest BCUT2D eigenvalue weighted by Gasteiger charge is 2.13. The molecule has 0 aliphatic heterocycles. The first-order valence-corrected chi connectivity index (χ1v) is 5.05. The van der Waals surface area contributed by atoms with Crippen LogP contribution in [0.25, 0.3) is 0 Å². The third-order valence-corrected chi connectivity index (χ3v) is 2.53. The number of nitrogens with two attached hydrogens (primary N) is 1. The van der Waals surface area contributed by atoms with Gasteiger partial charge < -0.3 is 10.8 Å². The van der Waals surface area contributed by atoms with Gasteiger partial charge in [0.2, 0.25) is 0 Å². The minimum absolute atomic E-state index is 0.240. The second-order valence-electron chi connectivity index (χ2n) is 2.80. The van der Waals surface area contributed by atoms with Crippen LogP contribution in [0, 0.1) is 3.57 Å². The molecule has 4 heteroatoms. The first-order valence-electron chi connectivity index (χ1n) is 3.97. The number of carboxylic acid groups (broad SMARTS) is 1. The first kappa shape index (κ1) is 11.2. The normalized spacial score (nSPS) is 12.1. The summed E-state index contributed by atoms with van der Waals surface area (Å²) in [5, 5.41) is 8.94. The maximum Gasteiger partial charge on any atom is 0.336 e. The average molecular weight is 303 g/mol. The Morgan fingerprint density at radius 3 is 2.79 bits per heavy atom. The number of rotatable bonds is 3. The number of aromatic carboxylic acids is 1. The van der Waals surface area contributed by atoms with E-state index in [1.165, 1.54) is 6.08 Å². The Balaban J connectivity index is 3.28. The van der Waals surface area contributed by atoms with Gasteiger partial charge in [0.1, 0.15) is 0 Å². The van der Waals surface area contributed by atoms with Crippen molar-refractivity contribution >= 4 is 28.6 Å². The van der Waals surface area contributed by atoms with Crippen LogP contribution >= 0.6 is 22.6 Å². The van der Waals surface area contributed by atoms with E-state index in [-0.39, 0.29) is 5.56 Å². The number of halogens is 1. The zero-order valence-electron chi connectivity index (χ0n) is 7.40. The minimum Gasteiger partial charge on any atom is -0.478 e. The number of hydrogen-bond donors (Lipinski definition) is 2. The van der Waals surface area contributed by atoms with Gasteiger partial charge in [-0.3, -0.25) is 0 Å². The summed E-state index contributed by atoms with van der Waals surface area (Å²) in [6.07, 6.45) is 1.52. The molecule has 1 aromatic carbocycles. The van der Waals surface area contributed by atoms with E-state index in [9.17, 15) is 4.79 Å². The van der Waals surface area contributed by atoms with Crippen molar-refractivity contribution < 1.29 is 9.90 Å². The summed E-state index contributed by atoms with van der Waals surface area (Å²) in [6.45, 7) is 3.54. The molecule has 0 amide bonds. The van der Waals surface area contributed by atoms with Gasteiger partial charge in [0.05, 0.1) is 5.56 Å². The van der Waals surface area contributed by atoms with E-state index in [1.54, 1.807) is 12.1 Å². The van der Waals surface area contributed by atoms with Gasteiger partial charge in [0.25, 0.3) is 0 Å². The predicted octanol–water partition coefficient (Wildman–Crippen LogP) is 2.18. The molecule has 0 fully saturated rings. The van der Waals surface area contributed by atoms with Gasteiger partial charge in [-0.2, -0.15) is 0 Å². The fourth-order valence-corrected chi connectivity index (χ4v) is 1.62. The van der Waals surface area contributed by atoms with Crippen molar-refractivity contribution in [1.82, 2.24) is 0 Å². The molecule has 1 atom stereocenters. The third-order valence-electron chi connectivity index (χ3n) is 1.86. The lowest BCUT2D eigenvalue weighted by Gasteiger charge is -2.10. The Hall–Kier alpha value is -0.880. The number of carbonyl (C=O) groups is 1. The van der Waals surface area contributed by atoms with Crippen LogP contribution in [-0.4, -0.2) is 11.1 Å². The van der Waals surface area contributed by atoms with Gasteiger partial charge in [0.15, 0.2) is 0 Å². The van der Waals surface area contributed by atoms with E-state index < -0.39 is 12.0 Å². The second kappa shape index (κ2) is 4.56. The number of hydrogen-bond acceptors (Lipinski definition) is 2. The standard InChI is InChI=1S/C10H10INO2/c1-2-9(12)7-4-3-6(11)5-8(7)10(13)14/h2-5,9H,1,12H2,(H,13,14). The van der Waals surface area contributed by atoms with Crippen LogP contribution in [0.5, 0.6) is 0 Å². The van der Waals surface area contributed by atoms with Gasteiger partial charge in [-0.05, 0) is 40.3 Å². The zero-order valence-corrected chi connectivity index (χ0v) is 9.56. The summed E-state index contributed by atoms with van der Waals surface area (Å²) in [6, 6.07) is 4.71. The largest absolute Gasteiger partial charge is 0.478 e. The lowest BCUT2D eigenvalue weighted by Crippen LogP contribution is -2.12. The first-order chi connectivity index (χ1) is 6.56. The van der Waals surface area contributed by atoms with Crippen LogP contribution in [0.1, 0.15) is 22.0 Å². The highest BCUT2D eigenvalue weighted by atomic mass is 127. The molecule has 0 spiro atoms. The molecular weight excluding hydrogens is 293 g/mol. The number of carboxylic acids is 1. The van der Waals surface area contributed by atoms with Gasteiger partial charge >= 0.3 is 5.97 Å². The van der Waals surface area contributed by atoms with Crippen molar-refractivity contribution in [3.05, 3.63) is 45.6 Å². The second-order valence-corrected chi connectivity index (χ2v) is 4.04. The Kier molecular flexibility index (Phi) is 3.65. The summed E-state index contributed by atoms with van der Waals surface area (Å²) in [5.41, 5.74) is 6.53. The van der Waals surface area contributed by atoms with Crippen LogP contribution in [0.2, 0.25) is 0 Å². The van der Waals surface area contributed by atoms with E-state index in [0.29, 0.717) is 5.56 Å². The van der Waals surface area contributed by atoms with E-state index in [2.05, 4.69) is 29.2 Å². The average Bonchev–Trinajstić information content (AvgIpc) is 2.16. The van der Waals surface area contributed by atoms with Crippen LogP contribution in [0.3, 0.4) is 0 Å². The summed E-state index contributed by atoms with van der Waals surface area (Å²) in [7, 11) is 0. The minimum atomic E-state index is -0.962. The molecule has 3 N–H and O–H groups in total. The van der Waals surface area contributed by atoms with E-state index in [4.69, 9.17) is 10.8 Å². The van der Waals surface area contributed by atoms with Crippen molar-refractivity contribution in [3.8, 4) is 0 Å². The Bertz CT molecular complexity index is 376. The van der Waals surface area contributed by atoms with Gasteiger partial charge in [0, 0.05) is 9.61 Å². The topological polar surface area (TPSA) is 63.3 Å². The Labute approximate surface area is 95.8 Å². The fourth-order valence-electron chi connectivity index (χ4n) is 1.13. The Morgan fingerprint density at radius 1 is 1.64 bits per heavy atom. The third kappa shape index (κ3) is 2.33. The lowest BCUT2D eigenvalue weighted by atomic mass is 10.0. The number of benzene rings is 1. The van der Waals surface area contributed by atoms with Crippen LogP contribution < -0.4 is 5.73 Å². The highest BCUT2D eigenvalue weighted by molar-refractivity contribution is 14.1. The van der Waals surface area contributed by atoms with Gasteiger partial charge in [-0.15, -0.1) is 6.58 Å². The van der Waals surface area contributed by atoms with Crippen LogP contribution in [0.4, 0.5) is 0 Å². The smallest absolute Gasteiger partial charge is 0.336 e. The molecule has 0 saturated carbocycles.